The number of H-pyrrole nitrogens is 1. The van der Waals surface area contributed by atoms with Gasteiger partial charge in [0, 0.05) is 43.1 Å². The number of fused-ring (bicyclic) bond motifs is 1. The Balaban J connectivity index is 1.49. The van der Waals surface area contributed by atoms with Crippen molar-refractivity contribution in [1.82, 2.24) is 25.7 Å². The van der Waals surface area contributed by atoms with E-state index in [0.717, 1.165) is 36.6 Å². The average molecular weight is 368 g/mol. The topological polar surface area (TPSA) is 86.8 Å². The highest BCUT2D eigenvalue weighted by atomic mass is 16.2. The molecule has 2 fully saturated rings. The average Bonchev–Trinajstić information content (AvgIpc) is 3.20. The number of hydrogen-bond acceptors (Lipinski definition) is 5. The summed E-state index contributed by atoms with van der Waals surface area (Å²) in [5.41, 5.74) is 3.99. The molecule has 2 atom stereocenters. The molecule has 1 saturated heterocycles. The van der Waals surface area contributed by atoms with E-state index in [-0.39, 0.29) is 16.7 Å². The summed E-state index contributed by atoms with van der Waals surface area (Å²) in [4.78, 5) is 20.0. The number of aromatic nitrogens is 4. The minimum absolute atomic E-state index is 0.181. The zero-order valence-electron chi connectivity index (χ0n) is 16.5. The summed E-state index contributed by atoms with van der Waals surface area (Å²) in [5.74, 6) is 0.547. The number of carbonyl (C=O) groups excluding carboxylic acids is 1. The van der Waals surface area contributed by atoms with E-state index in [0.29, 0.717) is 18.9 Å². The van der Waals surface area contributed by atoms with Gasteiger partial charge in [-0.05, 0) is 43.7 Å². The second kappa shape index (κ2) is 6.32. The van der Waals surface area contributed by atoms with Crippen LogP contribution in [0.2, 0.25) is 0 Å². The second-order valence-electron chi connectivity index (χ2n) is 8.83. The molecule has 1 aliphatic heterocycles. The second-order valence-corrected chi connectivity index (χ2v) is 8.83. The van der Waals surface area contributed by atoms with Crippen LogP contribution in [0.5, 0.6) is 0 Å². The van der Waals surface area contributed by atoms with Gasteiger partial charge < -0.3 is 10.2 Å². The summed E-state index contributed by atoms with van der Waals surface area (Å²) in [5, 5.41) is 13.6. The van der Waals surface area contributed by atoms with Crippen LogP contribution in [0.3, 0.4) is 0 Å². The van der Waals surface area contributed by atoms with Gasteiger partial charge in [-0.2, -0.15) is 15.4 Å². The van der Waals surface area contributed by atoms with E-state index in [2.05, 4.69) is 56.6 Å². The smallest absolute Gasteiger partial charge is 0.228 e. The van der Waals surface area contributed by atoms with Crippen molar-refractivity contribution in [2.24, 2.45) is 16.7 Å². The van der Waals surface area contributed by atoms with E-state index in [1.165, 1.54) is 5.69 Å². The zero-order valence-corrected chi connectivity index (χ0v) is 16.5. The van der Waals surface area contributed by atoms with Crippen molar-refractivity contribution in [1.29, 1.82) is 0 Å². The molecule has 1 aliphatic carbocycles. The number of rotatable bonds is 5. The molecule has 0 radical (unpaired) electrons. The van der Waals surface area contributed by atoms with Gasteiger partial charge >= 0.3 is 0 Å². The first kappa shape index (κ1) is 17.9. The monoisotopic (exact) mass is 368 g/mol. The molecular weight excluding hydrogens is 340 g/mol. The first-order valence-electron chi connectivity index (χ1n) is 9.63. The Hall–Kier alpha value is -2.44. The molecule has 2 aromatic rings. The van der Waals surface area contributed by atoms with Crippen molar-refractivity contribution in [3.8, 4) is 0 Å². The number of carbonyl (C=O) groups is 1. The summed E-state index contributed by atoms with van der Waals surface area (Å²) in [6.45, 7) is 10.9. The Morgan fingerprint density at radius 1 is 1.33 bits per heavy atom. The van der Waals surface area contributed by atoms with E-state index in [4.69, 9.17) is 0 Å². The Kier molecular flexibility index (Phi) is 4.20. The fraction of sp³-hybridized carbons (Fsp3) is 0.600. The van der Waals surface area contributed by atoms with Gasteiger partial charge in [-0.1, -0.05) is 13.8 Å². The van der Waals surface area contributed by atoms with Crippen molar-refractivity contribution in [2.45, 2.75) is 40.5 Å². The molecule has 0 spiro atoms. The summed E-state index contributed by atoms with van der Waals surface area (Å²) in [6, 6.07) is 4.25. The quantitative estimate of drug-likeness (QED) is 0.843. The van der Waals surface area contributed by atoms with Crippen molar-refractivity contribution in [2.75, 3.05) is 24.5 Å². The molecule has 2 aliphatic rings. The van der Waals surface area contributed by atoms with Gasteiger partial charge in [0.1, 0.15) is 0 Å². The lowest BCUT2D eigenvalue weighted by Gasteiger charge is -2.55. The lowest BCUT2D eigenvalue weighted by Crippen LogP contribution is -2.60. The van der Waals surface area contributed by atoms with Crippen molar-refractivity contribution in [3.05, 3.63) is 35.4 Å². The van der Waals surface area contributed by atoms with Gasteiger partial charge in [0.15, 0.2) is 0 Å². The molecule has 144 valence electrons. The molecule has 2 N–H and O–H groups in total. The molecule has 4 rings (SSSR count). The molecule has 1 saturated carbocycles. The molecule has 2 aromatic heterocycles. The molecule has 27 heavy (non-hydrogen) atoms. The molecule has 7 nitrogen and oxygen atoms in total. The van der Waals surface area contributed by atoms with Crippen LogP contribution in [0.4, 0.5) is 5.69 Å². The Morgan fingerprint density at radius 3 is 2.70 bits per heavy atom. The third kappa shape index (κ3) is 3.09. The minimum atomic E-state index is -0.293. The van der Waals surface area contributed by atoms with E-state index in [1.807, 2.05) is 13.8 Å². The number of anilines is 1. The SMILES string of the molecule is Cc1cc(N2C[C@@H]3C(C)(C)C[C@]3(C(=O)NCCc3cn[nH]n3)C2)cc(C)n1. The summed E-state index contributed by atoms with van der Waals surface area (Å²) >= 11 is 0. The minimum Gasteiger partial charge on any atom is -0.370 e. The number of aryl methyl sites for hydroxylation is 2. The lowest BCUT2D eigenvalue weighted by atomic mass is 9.47. The van der Waals surface area contributed by atoms with E-state index in [9.17, 15) is 4.79 Å². The van der Waals surface area contributed by atoms with Crippen molar-refractivity contribution >= 4 is 11.6 Å². The van der Waals surface area contributed by atoms with Gasteiger partial charge in [0.2, 0.25) is 5.91 Å². The predicted octanol–water partition coefficient (Wildman–Crippen LogP) is 2.03. The number of aromatic amines is 1. The molecule has 0 aromatic carbocycles. The Labute approximate surface area is 159 Å². The Morgan fingerprint density at radius 2 is 2.07 bits per heavy atom. The summed E-state index contributed by atoms with van der Waals surface area (Å²) in [6.07, 6.45) is 3.32. The van der Waals surface area contributed by atoms with Crippen LogP contribution in [-0.2, 0) is 11.2 Å². The highest BCUT2D eigenvalue weighted by Gasteiger charge is 2.66. The van der Waals surface area contributed by atoms with Crippen molar-refractivity contribution < 1.29 is 4.79 Å². The van der Waals surface area contributed by atoms with Crippen LogP contribution < -0.4 is 10.2 Å². The summed E-state index contributed by atoms with van der Waals surface area (Å²) in [7, 11) is 0. The van der Waals surface area contributed by atoms with Crippen LogP contribution in [-0.4, -0.2) is 45.9 Å². The number of nitrogens with zero attached hydrogens (tertiary/aromatic N) is 4. The molecule has 0 bridgehead atoms. The van der Waals surface area contributed by atoms with Gasteiger partial charge in [-0.15, -0.1) is 0 Å². The highest BCUT2D eigenvalue weighted by Crippen LogP contribution is 2.63. The molecule has 1 amide bonds. The number of amides is 1. The normalized spacial score (nSPS) is 25.8. The van der Waals surface area contributed by atoms with Gasteiger partial charge in [-0.3, -0.25) is 9.78 Å². The van der Waals surface area contributed by atoms with Crippen molar-refractivity contribution in [3.63, 3.8) is 0 Å². The van der Waals surface area contributed by atoms with Crippen LogP contribution >= 0.6 is 0 Å². The number of pyridine rings is 1. The van der Waals surface area contributed by atoms with Crippen LogP contribution in [0.1, 0.15) is 37.4 Å². The molecular formula is C20H28N6O. The number of nitrogens with one attached hydrogen (secondary N) is 2. The van der Waals surface area contributed by atoms with Gasteiger partial charge in [-0.25, -0.2) is 0 Å². The first-order valence-corrected chi connectivity index (χ1v) is 9.63. The summed E-state index contributed by atoms with van der Waals surface area (Å²) < 4.78 is 0. The maximum Gasteiger partial charge on any atom is 0.228 e. The largest absolute Gasteiger partial charge is 0.370 e. The zero-order chi connectivity index (χ0) is 19.2. The number of hydrogen-bond donors (Lipinski definition) is 2. The van der Waals surface area contributed by atoms with Gasteiger partial charge in [0.25, 0.3) is 0 Å². The predicted molar refractivity (Wildman–Crippen MR) is 103 cm³/mol. The standard InChI is InChI=1S/C20H28N6O/c1-13-7-16(8-14(2)23-13)26-10-17-19(3,4)11-20(17,12-26)18(27)21-6-5-15-9-22-25-24-15/h7-9,17H,5-6,10-12H2,1-4H3,(H,21,27)(H,22,24,25)/t17-,20+/m1/s1. The maximum atomic E-state index is 13.2. The molecule has 0 unspecified atom stereocenters. The van der Waals surface area contributed by atoms with Crippen LogP contribution in [0, 0.1) is 30.6 Å². The fourth-order valence-electron chi connectivity index (χ4n) is 5.22. The third-order valence-corrected chi connectivity index (χ3v) is 6.27. The Bertz CT molecular complexity index is 826. The fourth-order valence-corrected chi connectivity index (χ4v) is 5.22. The van der Waals surface area contributed by atoms with Crippen LogP contribution in [0.15, 0.2) is 18.3 Å². The lowest BCUT2D eigenvalue weighted by molar-refractivity contribution is -0.151. The van der Waals surface area contributed by atoms with E-state index >= 15 is 0 Å². The molecule has 3 heterocycles. The molecule has 7 heteroatoms. The first-order chi connectivity index (χ1) is 12.8. The maximum absolute atomic E-state index is 13.2. The van der Waals surface area contributed by atoms with E-state index in [1.54, 1.807) is 6.20 Å². The van der Waals surface area contributed by atoms with Crippen LogP contribution in [0.25, 0.3) is 0 Å². The highest BCUT2D eigenvalue weighted by molar-refractivity contribution is 5.86. The van der Waals surface area contributed by atoms with Gasteiger partial charge in [0.05, 0.1) is 17.3 Å². The third-order valence-electron chi connectivity index (χ3n) is 6.27. The van der Waals surface area contributed by atoms with E-state index < -0.39 is 0 Å².